The van der Waals surface area contributed by atoms with Crippen LogP contribution in [0.15, 0.2) is 69.9 Å². The maximum absolute atomic E-state index is 13.0. The van der Waals surface area contributed by atoms with E-state index in [9.17, 15) is 9.90 Å². The van der Waals surface area contributed by atoms with Crippen molar-refractivity contribution in [3.8, 4) is 5.75 Å². The highest BCUT2D eigenvalue weighted by Crippen LogP contribution is 2.48. The first-order valence-corrected chi connectivity index (χ1v) is 8.33. The van der Waals surface area contributed by atoms with Crippen LogP contribution in [0.4, 0.5) is 0 Å². The van der Waals surface area contributed by atoms with Crippen molar-refractivity contribution in [1.29, 1.82) is 0 Å². The van der Waals surface area contributed by atoms with E-state index in [0.29, 0.717) is 13.1 Å². The van der Waals surface area contributed by atoms with E-state index in [1.54, 1.807) is 29.6 Å². The molecule has 4 rings (SSSR count). The molecule has 0 radical (unpaired) electrons. The van der Waals surface area contributed by atoms with Crippen LogP contribution in [0.2, 0.25) is 0 Å². The maximum atomic E-state index is 13.0. The van der Waals surface area contributed by atoms with Crippen LogP contribution in [-0.2, 0) is 17.9 Å². The lowest BCUT2D eigenvalue weighted by Crippen LogP contribution is -2.31. The number of benzene rings is 1. The quantitative estimate of drug-likeness (QED) is 0.740. The third-order valence-corrected chi connectivity index (χ3v) is 4.56. The molecule has 1 N–H and O–H groups in total. The number of amides is 1. The third-order valence-electron chi connectivity index (χ3n) is 4.56. The topological polar surface area (TPSA) is 66.8 Å². The van der Waals surface area contributed by atoms with Crippen LogP contribution in [0, 0.1) is 5.92 Å². The molecule has 1 fully saturated rings. The van der Waals surface area contributed by atoms with Crippen LogP contribution in [0.25, 0.3) is 0 Å². The molecular formula is C20H19NO4. The molecule has 1 aliphatic carbocycles. The number of phenolic OH excluding ortho intramolecular Hbond substituents is 1. The van der Waals surface area contributed by atoms with Crippen molar-refractivity contribution in [3.05, 3.63) is 78.1 Å². The first kappa shape index (κ1) is 15.6. The Morgan fingerprint density at radius 1 is 1.04 bits per heavy atom. The second-order valence-electron chi connectivity index (χ2n) is 6.40. The first-order valence-electron chi connectivity index (χ1n) is 8.33. The summed E-state index contributed by atoms with van der Waals surface area (Å²) < 4.78 is 10.9. The van der Waals surface area contributed by atoms with Crippen LogP contribution in [0.1, 0.15) is 29.4 Å². The Labute approximate surface area is 145 Å². The molecule has 25 heavy (non-hydrogen) atoms. The zero-order chi connectivity index (χ0) is 17.2. The number of hydrogen-bond acceptors (Lipinski definition) is 4. The molecule has 0 saturated heterocycles. The smallest absolute Gasteiger partial charge is 0.227 e. The zero-order valence-corrected chi connectivity index (χ0v) is 13.7. The molecule has 1 aromatic carbocycles. The number of hydrogen-bond donors (Lipinski definition) is 1. The van der Waals surface area contributed by atoms with E-state index < -0.39 is 0 Å². The Kier molecular flexibility index (Phi) is 4.06. The van der Waals surface area contributed by atoms with Gasteiger partial charge in [0, 0.05) is 18.4 Å². The van der Waals surface area contributed by atoms with Crippen LogP contribution < -0.4 is 0 Å². The van der Waals surface area contributed by atoms with Gasteiger partial charge >= 0.3 is 0 Å². The summed E-state index contributed by atoms with van der Waals surface area (Å²) in [7, 11) is 0. The summed E-state index contributed by atoms with van der Waals surface area (Å²) in [5.41, 5.74) is 0.966. The van der Waals surface area contributed by atoms with E-state index >= 15 is 0 Å². The molecule has 0 spiro atoms. The third kappa shape index (κ3) is 3.45. The molecule has 2 unspecified atom stereocenters. The number of furan rings is 2. The van der Waals surface area contributed by atoms with E-state index in [-0.39, 0.29) is 23.5 Å². The van der Waals surface area contributed by atoms with Crippen LogP contribution in [0.5, 0.6) is 5.75 Å². The lowest BCUT2D eigenvalue weighted by atomic mass is 10.1. The molecule has 2 atom stereocenters. The van der Waals surface area contributed by atoms with Crippen molar-refractivity contribution in [3.63, 3.8) is 0 Å². The maximum Gasteiger partial charge on any atom is 0.227 e. The Morgan fingerprint density at radius 2 is 1.80 bits per heavy atom. The molecule has 1 aliphatic rings. The van der Waals surface area contributed by atoms with Crippen LogP contribution in [0.3, 0.4) is 0 Å². The van der Waals surface area contributed by atoms with E-state index in [4.69, 9.17) is 8.83 Å². The van der Waals surface area contributed by atoms with Gasteiger partial charge in [-0.15, -0.1) is 0 Å². The summed E-state index contributed by atoms with van der Waals surface area (Å²) >= 11 is 0. The molecule has 0 bridgehead atoms. The summed E-state index contributed by atoms with van der Waals surface area (Å²) in [4.78, 5) is 14.8. The van der Waals surface area contributed by atoms with Gasteiger partial charge in [0.05, 0.1) is 19.1 Å². The minimum Gasteiger partial charge on any atom is -0.508 e. The van der Waals surface area contributed by atoms with Crippen molar-refractivity contribution in [2.45, 2.75) is 25.4 Å². The largest absolute Gasteiger partial charge is 0.508 e. The zero-order valence-electron chi connectivity index (χ0n) is 13.7. The summed E-state index contributed by atoms with van der Waals surface area (Å²) in [6, 6.07) is 14.4. The second kappa shape index (κ2) is 6.51. The van der Waals surface area contributed by atoms with Gasteiger partial charge in [0.15, 0.2) is 0 Å². The fourth-order valence-electron chi connectivity index (χ4n) is 3.14. The van der Waals surface area contributed by atoms with E-state index in [1.807, 2.05) is 36.4 Å². The minimum atomic E-state index is -0.0433. The lowest BCUT2D eigenvalue weighted by molar-refractivity contribution is -0.134. The number of phenols is 1. The van der Waals surface area contributed by atoms with Crippen molar-refractivity contribution < 1.29 is 18.7 Å². The summed E-state index contributed by atoms with van der Waals surface area (Å²) in [6.45, 7) is 0.898. The van der Waals surface area contributed by atoms with Gasteiger partial charge < -0.3 is 18.8 Å². The summed E-state index contributed by atoms with van der Waals surface area (Å²) in [5, 5.41) is 9.44. The molecule has 5 nitrogen and oxygen atoms in total. The van der Waals surface area contributed by atoms with Crippen molar-refractivity contribution >= 4 is 5.91 Å². The predicted molar refractivity (Wildman–Crippen MR) is 90.6 cm³/mol. The average molecular weight is 337 g/mol. The highest BCUT2D eigenvalue weighted by molar-refractivity contribution is 5.82. The predicted octanol–water partition coefficient (Wildman–Crippen LogP) is 3.91. The summed E-state index contributed by atoms with van der Waals surface area (Å²) in [6.07, 6.45) is 4.07. The van der Waals surface area contributed by atoms with Gasteiger partial charge in [0.25, 0.3) is 0 Å². The number of carbonyl (C=O) groups is 1. The van der Waals surface area contributed by atoms with Gasteiger partial charge in [-0.1, -0.05) is 12.1 Å². The Morgan fingerprint density at radius 3 is 2.48 bits per heavy atom. The Balaban J connectivity index is 1.50. The SMILES string of the molecule is O=C(C1CC1c1ccco1)N(Cc1ccc(O)cc1)Cc1ccco1. The van der Waals surface area contributed by atoms with Crippen molar-refractivity contribution in [1.82, 2.24) is 4.90 Å². The minimum absolute atomic E-state index is 0.0433. The van der Waals surface area contributed by atoms with E-state index in [0.717, 1.165) is 23.5 Å². The van der Waals surface area contributed by atoms with Gasteiger partial charge in [-0.05, 0) is 48.4 Å². The standard InChI is InChI=1S/C20H19NO4/c22-15-7-5-14(6-8-15)12-21(13-16-3-1-9-24-16)20(23)18-11-17(18)19-4-2-10-25-19/h1-10,17-18,22H,11-13H2. The normalized spacial score (nSPS) is 18.9. The fraction of sp³-hybridized carbons (Fsp3) is 0.250. The summed E-state index contributed by atoms with van der Waals surface area (Å²) in [5.74, 6) is 2.07. The number of aromatic hydroxyl groups is 1. The molecular weight excluding hydrogens is 318 g/mol. The van der Waals surface area contributed by atoms with Gasteiger partial charge in [-0.2, -0.15) is 0 Å². The number of nitrogens with zero attached hydrogens (tertiary/aromatic N) is 1. The van der Waals surface area contributed by atoms with Crippen LogP contribution in [-0.4, -0.2) is 15.9 Å². The molecule has 128 valence electrons. The second-order valence-corrected chi connectivity index (χ2v) is 6.40. The van der Waals surface area contributed by atoms with E-state index in [2.05, 4.69) is 0 Å². The van der Waals surface area contributed by atoms with Crippen LogP contribution >= 0.6 is 0 Å². The molecule has 5 heteroatoms. The number of carbonyl (C=O) groups excluding carboxylic acids is 1. The Bertz CT molecular complexity index is 821. The molecule has 2 aromatic heterocycles. The molecule has 0 aliphatic heterocycles. The highest BCUT2D eigenvalue weighted by atomic mass is 16.3. The van der Waals surface area contributed by atoms with Crippen molar-refractivity contribution in [2.24, 2.45) is 5.92 Å². The first-order chi connectivity index (χ1) is 12.2. The van der Waals surface area contributed by atoms with Gasteiger partial charge in [-0.3, -0.25) is 4.79 Å². The average Bonchev–Trinajstić information content (AvgIpc) is 3.02. The molecule has 2 heterocycles. The van der Waals surface area contributed by atoms with Gasteiger partial charge in [-0.25, -0.2) is 0 Å². The molecule has 1 amide bonds. The molecule has 3 aromatic rings. The van der Waals surface area contributed by atoms with E-state index in [1.165, 1.54) is 0 Å². The fourth-order valence-corrected chi connectivity index (χ4v) is 3.14. The van der Waals surface area contributed by atoms with Gasteiger partial charge in [0.2, 0.25) is 5.91 Å². The van der Waals surface area contributed by atoms with Gasteiger partial charge in [0.1, 0.15) is 17.3 Å². The monoisotopic (exact) mass is 337 g/mol. The Hall–Kier alpha value is -2.95. The number of rotatable bonds is 6. The molecule has 1 saturated carbocycles. The van der Waals surface area contributed by atoms with Crippen molar-refractivity contribution in [2.75, 3.05) is 0 Å². The lowest BCUT2D eigenvalue weighted by Gasteiger charge is -2.22. The highest BCUT2D eigenvalue weighted by Gasteiger charge is 2.47.